The summed E-state index contributed by atoms with van der Waals surface area (Å²) in [6.45, 7) is 3.78. The third-order valence-corrected chi connectivity index (χ3v) is 6.77. The Kier molecular flexibility index (Phi) is 5.20. The van der Waals surface area contributed by atoms with Gasteiger partial charge in [0.1, 0.15) is 5.75 Å². The number of aryl methyl sites for hydroxylation is 1. The number of piperazine rings is 1. The van der Waals surface area contributed by atoms with E-state index in [9.17, 15) is 8.42 Å². The molecule has 9 nitrogen and oxygen atoms in total. The first-order valence-electron chi connectivity index (χ1n) is 9.23. The van der Waals surface area contributed by atoms with Crippen molar-refractivity contribution < 1.29 is 13.2 Å². The number of hydrogen-bond acceptors (Lipinski definition) is 7. The van der Waals surface area contributed by atoms with Gasteiger partial charge in [0, 0.05) is 32.4 Å². The first kappa shape index (κ1) is 19.3. The van der Waals surface area contributed by atoms with Crippen molar-refractivity contribution in [1.29, 1.82) is 0 Å². The minimum atomic E-state index is -3.53. The summed E-state index contributed by atoms with van der Waals surface area (Å²) in [6, 6.07) is 12.1. The number of nitrogens with zero attached hydrogens (tertiary/aromatic N) is 6. The van der Waals surface area contributed by atoms with Gasteiger partial charge in [-0.1, -0.05) is 0 Å². The molecule has 0 radical (unpaired) electrons. The number of sulfonamides is 1. The van der Waals surface area contributed by atoms with Gasteiger partial charge in [-0.15, -0.1) is 10.2 Å². The standard InChI is InChI=1S/C19H22N6O3S/c1-15-9-10-25(22-15)19-8-7-18(20-21-19)23-11-13-24(14-12-23)29(26,27)17-5-3-16(28-2)4-6-17/h3-10H,11-14H2,1-2H3. The van der Waals surface area contributed by atoms with Crippen LogP contribution in [0.15, 0.2) is 53.6 Å². The molecule has 10 heteroatoms. The minimum Gasteiger partial charge on any atom is -0.497 e. The number of aromatic nitrogens is 4. The first-order chi connectivity index (χ1) is 14.0. The van der Waals surface area contributed by atoms with Gasteiger partial charge < -0.3 is 9.64 Å². The van der Waals surface area contributed by atoms with Crippen LogP contribution in [0.25, 0.3) is 5.82 Å². The quantitative estimate of drug-likeness (QED) is 0.624. The van der Waals surface area contributed by atoms with Crippen molar-refractivity contribution in [3.8, 4) is 11.6 Å². The van der Waals surface area contributed by atoms with Crippen LogP contribution in [-0.4, -0.2) is 66.0 Å². The lowest BCUT2D eigenvalue weighted by atomic mass is 10.3. The number of ether oxygens (including phenoxy) is 1. The Hall–Kier alpha value is -2.98. The van der Waals surface area contributed by atoms with Crippen molar-refractivity contribution in [3.63, 3.8) is 0 Å². The predicted octanol–water partition coefficient (Wildman–Crippen LogP) is 1.49. The van der Waals surface area contributed by atoms with Crippen molar-refractivity contribution in [2.45, 2.75) is 11.8 Å². The topological polar surface area (TPSA) is 93.5 Å². The Morgan fingerprint density at radius 1 is 0.897 bits per heavy atom. The molecule has 0 N–H and O–H groups in total. The summed E-state index contributed by atoms with van der Waals surface area (Å²) in [7, 11) is -1.98. The van der Waals surface area contributed by atoms with E-state index in [2.05, 4.69) is 15.3 Å². The van der Waals surface area contributed by atoms with Crippen LogP contribution in [0.1, 0.15) is 5.69 Å². The molecular formula is C19H22N6O3S. The maximum Gasteiger partial charge on any atom is 0.243 e. The fraction of sp³-hybridized carbons (Fsp3) is 0.316. The Morgan fingerprint density at radius 3 is 2.10 bits per heavy atom. The lowest BCUT2D eigenvalue weighted by molar-refractivity contribution is 0.383. The molecule has 1 aromatic carbocycles. The average Bonchev–Trinajstić information content (AvgIpc) is 3.20. The number of anilines is 1. The number of hydrogen-bond donors (Lipinski definition) is 0. The molecule has 0 spiro atoms. The van der Waals surface area contributed by atoms with Crippen molar-refractivity contribution in [2.24, 2.45) is 0 Å². The van der Waals surface area contributed by atoms with E-state index in [1.807, 2.05) is 36.2 Å². The fourth-order valence-corrected chi connectivity index (χ4v) is 4.63. The number of rotatable bonds is 5. The maximum atomic E-state index is 12.9. The van der Waals surface area contributed by atoms with Crippen molar-refractivity contribution in [2.75, 3.05) is 38.2 Å². The van der Waals surface area contributed by atoms with Crippen LogP contribution in [0.5, 0.6) is 5.75 Å². The first-order valence-corrected chi connectivity index (χ1v) is 10.7. The van der Waals surface area contributed by atoms with Gasteiger partial charge in [0.15, 0.2) is 11.6 Å². The molecule has 1 aliphatic heterocycles. The molecule has 1 fully saturated rings. The van der Waals surface area contributed by atoms with Crippen molar-refractivity contribution in [1.82, 2.24) is 24.3 Å². The van der Waals surface area contributed by atoms with Gasteiger partial charge in [0.05, 0.1) is 17.7 Å². The Morgan fingerprint density at radius 2 is 1.55 bits per heavy atom. The highest BCUT2D eigenvalue weighted by Gasteiger charge is 2.29. The van der Waals surface area contributed by atoms with Crippen LogP contribution in [0.4, 0.5) is 5.82 Å². The van der Waals surface area contributed by atoms with Gasteiger partial charge in [-0.3, -0.25) is 0 Å². The van der Waals surface area contributed by atoms with Crippen LogP contribution in [0.3, 0.4) is 0 Å². The van der Waals surface area contributed by atoms with Gasteiger partial charge in [-0.2, -0.15) is 9.40 Å². The van der Waals surface area contributed by atoms with E-state index in [1.165, 1.54) is 4.31 Å². The molecule has 0 atom stereocenters. The summed E-state index contributed by atoms with van der Waals surface area (Å²) >= 11 is 0. The fourth-order valence-electron chi connectivity index (χ4n) is 3.21. The number of benzene rings is 1. The monoisotopic (exact) mass is 414 g/mol. The van der Waals surface area contributed by atoms with Crippen LogP contribution in [0, 0.1) is 6.92 Å². The largest absolute Gasteiger partial charge is 0.497 e. The molecule has 152 valence electrons. The highest BCUT2D eigenvalue weighted by molar-refractivity contribution is 7.89. The lowest BCUT2D eigenvalue weighted by Gasteiger charge is -2.34. The molecule has 29 heavy (non-hydrogen) atoms. The second-order valence-electron chi connectivity index (χ2n) is 6.72. The molecular weight excluding hydrogens is 392 g/mol. The molecule has 4 rings (SSSR count). The molecule has 1 saturated heterocycles. The normalized spacial score (nSPS) is 15.4. The predicted molar refractivity (Wildman–Crippen MR) is 108 cm³/mol. The number of methoxy groups -OCH3 is 1. The third-order valence-electron chi connectivity index (χ3n) is 4.85. The molecule has 0 bridgehead atoms. The van der Waals surface area contributed by atoms with Crippen LogP contribution in [-0.2, 0) is 10.0 Å². The van der Waals surface area contributed by atoms with E-state index < -0.39 is 10.0 Å². The maximum absolute atomic E-state index is 12.9. The van der Waals surface area contributed by atoms with Crippen LogP contribution >= 0.6 is 0 Å². The molecule has 3 aromatic rings. The third kappa shape index (κ3) is 3.94. The van der Waals surface area contributed by atoms with Gasteiger partial charge in [-0.05, 0) is 49.4 Å². The second kappa shape index (κ2) is 7.80. The van der Waals surface area contributed by atoms with Crippen LogP contribution < -0.4 is 9.64 Å². The molecule has 0 saturated carbocycles. The highest BCUT2D eigenvalue weighted by atomic mass is 32.2. The molecule has 0 unspecified atom stereocenters. The van der Waals surface area contributed by atoms with E-state index in [0.29, 0.717) is 37.7 Å². The van der Waals surface area contributed by atoms with Crippen molar-refractivity contribution in [3.05, 3.63) is 54.4 Å². The lowest BCUT2D eigenvalue weighted by Crippen LogP contribution is -2.49. The summed E-state index contributed by atoms with van der Waals surface area (Å²) in [5, 5.41) is 12.8. The Balaban J connectivity index is 1.42. The highest BCUT2D eigenvalue weighted by Crippen LogP contribution is 2.22. The summed E-state index contributed by atoms with van der Waals surface area (Å²) in [5.41, 5.74) is 0.907. The summed E-state index contributed by atoms with van der Waals surface area (Å²) in [6.07, 6.45) is 1.84. The minimum absolute atomic E-state index is 0.269. The average molecular weight is 414 g/mol. The summed E-state index contributed by atoms with van der Waals surface area (Å²) in [4.78, 5) is 2.30. The van der Waals surface area contributed by atoms with Crippen molar-refractivity contribution >= 4 is 15.8 Å². The second-order valence-corrected chi connectivity index (χ2v) is 8.66. The molecule has 1 aliphatic rings. The SMILES string of the molecule is COc1ccc(S(=O)(=O)N2CCN(c3ccc(-n4ccc(C)n4)nn3)CC2)cc1. The van der Waals surface area contributed by atoms with Gasteiger partial charge >= 0.3 is 0 Å². The van der Waals surface area contributed by atoms with Gasteiger partial charge in [0.2, 0.25) is 10.0 Å². The Labute approximate surface area is 169 Å². The van der Waals surface area contributed by atoms with Gasteiger partial charge in [0.25, 0.3) is 0 Å². The summed E-state index contributed by atoms with van der Waals surface area (Å²) in [5.74, 6) is 1.99. The molecule has 2 aromatic heterocycles. The molecule has 3 heterocycles. The zero-order valence-electron chi connectivity index (χ0n) is 16.3. The summed E-state index contributed by atoms with van der Waals surface area (Å²) < 4.78 is 34.0. The van der Waals surface area contributed by atoms with Gasteiger partial charge in [-0.25, -0.2) is 13.1 Å². The molecule has 0 amide bonds. The van der Waals surface area contributed by atoms with E-state index in [4.69, 9.17) is 4.74 Å². The zero-order valence-corrected chi connectivity index (χ0v) is 17.1. The van der Waals surface area contributed by atoms with E-state index in [0.717, 1.165) is 11.5 Å². The van der Waals surface area contributed by atoms with E-state index in [-0.39, 0.29) is 4.90 Å². The van der Waals surface area contributed by atoms with E-state index in [1.54, 1.807) is 36.1 Å². The zero-order chi connectivity index (χ0) is 20.4. The Bertz CT molecular complexity index is 1070. The smallest absolute Gasteiger partial charge is 0.243 e. The van der Waals surface area contributed by atoms with Crippen LogP contribution in [0.2, 0.25) is 0 Å². The molecule has 0 aliphatic carbocycles. The van der Waals surface area contributed by atoms with E-state index >= 15 is 0 Å².